The Morgan fingerprint density at radius 2 is 2.55 bits per heavy atom. The number of hydrogen-bond donors (Lipinski definition) is 2. The van der Waals surface area contributed by atoms with Crippen LogP contribution in [0.5, 0.6) is 0 Å². The van der Waals surface area contributed by atoms with Crippen LogP contribution in [0.2, 0.25) is 0 Å². The van der Waals surface area contributed by atoms with Gasteiger partial charge in [-0.15, -0.1) is 0 Å². The standard InChI is InChI=1S/C7H8N2O2/c1-5-8-4-6(9-5)2-3-7(10)11/h2-4H,1H3,(H,8,9)(H,10,11). The van der Waals surface area contributed by atoms with E-state index in [-0.39, 0.29) is 0 Å². The van der Waals surface area contributed by atoms with E-state index in [0.717, 1.165) is 11.9 Å². The Bertz CT molecular complexity index is 288. The van der Waals surface area contributed by atoms with Gasteiger partial charge in [0, 0.05) is 6.08 Å². The summed E-state index contributed by atoms with van der Waals surface area (Å²) in [6.45, 7) is 1.80. The van der Waals surface area contributed by atoms with Crippen molar-refractivity contribution < 1.29 is 9.90 Å². The summed E-state index contributed by atoms with van der Waals surface area (Å²) in [4.78, 5) is 16.8. The van der Waals surface area contributed by atoms with Crippen molar-refractivity contribution in [3.63, 3.8) is 0 Å². The van der Waals surface area contributed by atoms with E-state index in [0.29, 0.717) is 5.69 Å². The lowest BCUT2D eigenvalue weighted by molar-refractivity contribution is -0.131. The molecule has 0 radical (unpaired) electrons. The van der Waals surface area contributed by atoms with E-state index in [9.17, 15) is 4.79 Å². The second kappa shape index (κ2) is 3.01. The predicted octanol–water partition coefficient (Wildman–Crippen LogP) is 0.816. The van der Waals surface area contributed by atoms with Crippen LogP contribution in [0.3, 0.4) is 0 Å². The summed E-state index contributed by atoms with van der Waals surface area (Å²) in [6.07, 6.45) is 4.10. The molecule has 11 heavy (non-hydrogen) atoms. The number of hydrogen-bond acceptors (Lipinski definition) is 2. The zero-order chi connectivity index (χ0) is 8.27. The molecule has 0 unspecified atom stereocenters. The SMILES string of the molecule is Cc1ncc(C=CC(=O)O)[nH]1. The lowest BCUT2D eigenvalue weighted by Gasteiger charge is -1.81. The number of aromatic nitrogens is 2. The molecular formula is C7H8N2O2. The van der Waals surface area contributed by atoms with Crippen molar-refractivity contribution >= 4 is 12.0 Å². The first kappa shape index (κ1) is 7.53. The van der Waals surface area contributed by atoms with Gasteiger partial charge in [0.25, 0.3) is 0 Å². The van der Waals surface area contributed by atoms with E-state index in [1.54, 1.807) is 13.1 Å². The average molecular weight is 152 g/mol. The molecule has 4 nitrogen and oxygen atoms in total. The molecular weight excluding hydrogens is 144 g/mol. The average Bonchev–Trinajstić information content (AvgIpc) is 2.31. The third-order valence-corrected chi connectivity index (χ3v) is 1.13. The van der Waals surface area contributed by atoms with Crippen LogP contribution in [-0.2, 0) is 4.79 Å². The van der Waals surface area contributed by atoms with E-state index in [4.69, 9.17) is 5.11 Å². The highest BCUT2D eigenvalue weighted by Gasteiger charge is 1.91. The molecule has 1 aromatic heterocycles. The van der Waals surface area contributed by atoms with Gasteiger partial charge in [-0.25, -0.2) is 9.78 Å². The first-order chi connectivity index (χ1) is 5.18. The maximum atomic E-state index is 10.1. The van der Waals surface area contributed by atoms with Gasteiger partial charge in [-0.3, -0.25) is 0 Å². The summed E-state index contributed by atoms with van der Waals surface area (Å²) in [5.41, 5.74) is 0.699. The lowest BCUT2D eigenvalue weighted by Crippen LogP contribution is -1.85. The molecule has 0 fully saturated rings. The second-order valence-electron chi connectivity index (χ2n) is 2.10. The Kier molecular flexibility index (Phi) is 2.06. The Labute approximate surface area is 63.6 Å². The molecule has 0 saturated heterocycles. The number of rotatable bonds is 2. The number of carboxylic acids is 1. The van der Waals surface area contributed by atoms with Gasteiger partial charge in [0.15, 0.2) is 0 Å². The van der Waals surface area contributed by atoms with E-state index < -0.39 is 5.97 Å². The van der Waals surface area contributed by atoms with E-state index in [1.165, 1.54) is 6.08 Å². The van der Waals surface area contributed by atoms with Crippen molar-refractivity contribution in [2.45, 2.75) is 6.92 Å². The summed E-state index contributed by atoms with van der Waals surface area (Å²) in [6, 6.07) is 0. The number of imidazole rings is 1. The van der Waals surface area contributed by atoms with Gasteiger partial charge in [0.2, 0.25) is 0 Å². The Morgan fingerprint density at radius 1 is 1.82 bits per heavy atom. The highest BCUT2D eigenvalue weighted by Crippen LogP contribution is 1.97. The second-order valence-corrected chi connectivity index (χ2v) is 2.10. The number of aromatic amines is 1. The molecule has 1 heterocycles. The zero-order valence-electron chi connectivity index (χ0n) is 6.03. The third kappa shape index (κ3) is 2.25. The Hall–Kier alpha value is -1.58. The molecule has 2 N–H and O–H groups in total. The molecule has 0 aliphatic carbocycles. The molecule has 1 rings (SSSR count). The van der Waals surface area contributed by atoms with Crippen molar-refractivity contribution in [3.8, 4) is 0 Å². The van der Waals surface area contributed by atoms with E-state index in [2.05, 4.69) is 9.97 Å². The summed E-state index contributed by atoms with van der Waals surface area (Å²) in [5.74, 6) is -0.188. The normalized spacial score (nSPS) is 10.6. The summed E-state index contributed by atoms with van der Waals surface area (Å²) in [7, 11) is 0. The topological polar surface area (TPSA) is 66.0 Å². The first-order valence-electron chi connectivity index (χ1n) is 3.11. The van der Waals surface area contributed by atoms with Crippen LogP contribution in [-0.4, -0.2) is 21.0 Å². The number of nitrogens with one attached hydrogen (secondary N) is 1. The summed E-state index contributed by atoms with van der Waals surface area (Å²) >= 11 is 0. The van der Waals surface area contributed by atoms with Crippen molar-refractivity contribution in [2.24, 2.45) is 0 Å². The van der Waals surface area contributed by atoms with E-state index in [1.807, 2.05) is 0 Å². The van der Waals surface area contributed by atoms with Crippen molar-refractivity contribution in [3.05, 3.63) is 23.8 Å². The number of nitrogens with zero attached hydrogens (tertiary/aromatic N) is 1. The third-order valence-electron chi connectivity index (χ3n) is 1.13. The van der Waals surface area contributed by atoms with Crippen LogP contribution in [0.1, 0.15) is 11.5 Å². The highest BCUT2D eigenvalue weighted by molar-refractivity contribution is 5.84. The number of carboxylic acid groups (broad SMARTS) is 1. The molecule has 4 heteroatoms. The van der Waals surface area contributed by atoms with Crippen LogP contribution in [0.25, 0.3) is 6.08 Å². The summed E-state index contributed by atoms with van der Waals surface area (Å²) in [5, 5.41) is 8.26. The van der Waals surface area contributed by atoms with Crippen LogP contribution in [0.4, 0.5) is 0 Å². The van der Waals surface area contributed by atoms with Gasteiger partial charge < -0.3 is 10.1 Å². The molecule has 0 amide bonds. The molecule has 0 bridgehead atoms. The van der Waals surface area contributed by atoms with Gasteiger partial charge in [0.1, 0.15) is 5.82 Å². The molecule has 0 atom stereocenters. The van der Waals surface area contributed by atoms with Gasteiger partial charge in [-0.2, -0.15) is 0 Å². The molecule has 0 saturated carbocycles. The van der Waals surface area contributed by atoms with Crippen molar-refractivity contribution in [1.82, 2.24) is 9.97 Å². The predicted molar refractivity (Wildman–Crippen MR) is 40.0 cm³/mol. The van der Waals surface area contributed by atoms with Crippen LogP contribution >= 0.6 is 0 Å². The first-order valence-corrected chi connectivity index (χ1v) is 3.11. The lowest BCUT2D eigenvalue weighted by atomic mass is 10.4. The van der Waals surface area contributed by atoms with Gasteiger partial charge in [-0.05, 0) is 13.0 Å². The minimum Gasteiger partial charge on any atom is -0.478 e. The molecule has 0 aliphatic rings. The van der Waals surface area contributed by atoms with E-state index >= 15 is 0 Å². The minimum absolute atomic E-state index is 0.699. The Morgan fingerprint density at radius 3 is 3.00 bits per heavy atom. The minimum atomic E-state index is -0.961. The maximum Gasteiger partial charge on any atom is 0.328 e. The fraction of sp³-hybridized carbons (Fsp3) is 0.143. The van der Waals surface area contributed by atoms with Crippen LogP contribution < -0.4 is 0 Å². The molecule has 0 aromatic carbocycles. The fourth-order valence-electron chi connectivity index (χ4n) is 0.686. The van der Waals surface area contributed by atoms with Crippen LogP contribution in [0, 0.1) is 6.92 Å². The van der Waals surface area contributed by atoms with Gasteiger partial charge in [0.05, 0.1) is 11.9 Å². The van der Waals surface area contributed by atoms with Crippen LogP contribution in [0.15, 0.2) is 12.3 Å². The number of aryl methyl sites for hydroxylation is 1. The molecule has 58 valence electrons. The number of carbonyl (C=O) groups is 1. The quantitative estimate of drug-likeness (QED) is 0.616. The Balaban J connectivity index is 2.71. The monoisotopic (exact) mass is 152 g/mol. The summed E-state index contributed by atoms with van der Waals surface area (Å²) < 4.78 is 0. The van der Waals surface area contributed by atoms with Gasteiger partial charge >= 0.3 is 5.97 Å². The van der Waals surface area contributed by atoms with Crippen molar-refractivity contribution in [2.75, 3.05) is 0 Å². The molecule has 0 aliphatic heterocycles. The zero-order valence-corrected chi connectivity index (χ0v) is 6.03. The molecule has 1 aromatic rings. The number of aliphatic carboxylic acids is 1. The fourth-order valence-corrected chi connectivity index (χ4v) is 0.686. The smallest absolute Gasteiger partial charge is 0.328 e. The van der Waals surface area contributed by atoms with Gasteiger partial charge in [-0.1, -0.05) is 0 Å². The maximum absolute atomic E-state index is 10.1. The van der Waals surface area contributed by atoms with Crippen molar-refractivity contribution in [1.29, 1.82) is 0 Å². The largest absolute Gasteiger partial charge is 0.478 e. The molecule has 0 spiro atoms. The highest BCUT2D eigenvalue weighted by atomic mass is 16.4. The number of H-pyrrole nitrogens is 1.